The Morgan fingerprint density at radius 3 is 2.53 bits per heavy atom. The molecule has 3 N–H and O–H groups in total. The molecule has 0 rings (SSSR count). The van der Waals surface area contributed by atoms with Crippen LogP contribution in [0, 0.1) is 0 Å². The maximum absolute atomic E-state index is 11.1. The summed E-state index contributed by atoms with van der Waals surface area (Å²) in [5, 5.41) is 9.89. The summed E-state index contributed by atoms with van der Waals surface area (Å²) in [6.45, 7) is 2.77. The molecule has 0 saturated heterocycles. The molecule has 15 heavy (non-hydrogen) atoms. The molecule has 0 aromatic carbocycles. The van der Waals surface area contributed by atoms with Gasteiger partial charge in [-0.05, 0) is 6.42 Å². The first kappa shape index (κ1) is 18.2. The average molecular weight is 250 g/mol. The molecular weight excluding hydrogens is 231 g/mol. The van der Waals surface area contributed by atoms with Crippen molar-refractivity contribution in [2.75, 3.05) is 32.1 Å². The van der Waals surface area contributed by atoms with Crippen molar-refractivity contribution in [3.8, 4) is 0 Å². The van der Waals surface area contributed by atoms with E-state index in [9.17, 15) is 8.42 Å². The zero-order valence-corrected chi connectivity index (χ0v) is 9.16. The van der Waals surface area contributed by atoms with Gasteiger partial charge < -0.3 is 5.11 Å². The van der Waals surface area contributed by atoms with Crippen LogP contribution in [0.2, 0.25) is 0 Å². The van der Waals surface area contributed by atoms with Crippen LogP contribution in [0.1, 0.15) is 13.3 Å². The van der Waals surface area contributed by atoms with Crippen molar-refractivity contribution in [3.05, 3.63) is 0 Å². The van der Waals surface area contributed by atoms with Gasteiger partial charge in [-0.25, -0.2) is 5.01 Å². The first-order valence-electron chi connectivity index (χ1n) is 4.49. The first-order chi connectivity index (χ1) is 6.52. The molecule has 0 radical (unpaired) electrons. The van der Waals surface area contributed by atoms with Gasteiger partial charge in [-0.2, -0.15) is 8.42 Å². The molecule has 0 aliphatic heterocycles. The molecule has 0 atom stereocenters. The SMILES string of the molecule is CCN(N)CCOS(=O)(=O)CCCO.[NaH]. The van der Waals surface area contributed by atoms with E-state index >= 15 is 0 Å². The number of aliphatic hydroxyl groups excluding tert-OH is 1. The standard InChI is InChI=1S/C7H18N2O4S.Na.H/c1-2-9(8)4-6-13-14(11,12)7-3-5-10;;/h10H,2-8H2,1H3;;. The van der Waals surface area contributed by atoms with Gasteiger partial charge in [0.15, 0.2) is 0 Å². The van der Waals surface area contributed by atoms with Crippen LogP contribution in [0.5, 0.6) is 0 Å². The van der Waals surface area contributed by atoms with Crippen LogP contribution in [0.15, 0.2) is 0 Å². The van der Waals surface area contributed by atoms with Gasteiger partial charge in [0.2, 0.25) is 0 Å². The van der Waals surface area contributed by atoms with Crippen LogP contribution in [-0.4, -0.2) is 80.1 Å². The summed E-state index contributed by atoms with van der Waals surface area (Å²) in [7, 11) is -3.49. The second-order valence-electron chi connectivity index (χ2n) is 2.79. The van der Waals surface area contributed by atoms with E-state index in [0.29, 0.717) is 13.1 Å². The number of nitrogens with two attached hydrogens (primary N) is 1. The molecular formula is C7H19N2NaO4S. The number of hydrazine groups is 1. The summed E-state index contributed by atoms with van der Waals surface area (Å²) in [4.78, 5) is 0. The molecule has 0 aliphatic rings. The first-order valence-corrected chi connectivity index (χ1v) is 6.07. The second kappa shape index (κ2) is 9.98. The third kappa shape index (κ3) is 11.1. The van der Waals surface area contributed by atoms with Crippen molar-refractivity contribution in [2.45, 2.75) is 13.3 Å². The predicted octanol–water partition coefficient (Wildman–Crippen LogP) is -1.74. The van der Waals surface area contributed by atoms with Crippen molar-refractivity contribution >= 4 is 39.7 Å². The Bertz CT molecular complexity index is 235. The van der Waals surface area contributed by atoms with Gasteiger partial charge in [0.25, 0.3) is 10.1 Å². The van der Waals surface area contributed by atoms with Gasteiger partial charge in [-0.3, -0.25) is 10.0 Å². The van der Waals surface area contributed by atoms with Crippen molar-refractivity contribution in [3.63, 3.8) is 0 Å². The van der Waals surface area contributed by atoms with Crippen molar-refractivity contribution < 1.29 is 17.7 Å². The number of nitrogens with zero attached hydrogens (tertiary/aromatic N) is 1. The van der Waals surface area contributed by atoms with Gasteiger partial charge in [-0.15, -0.1) is 0 Å². The molecule has 0 heterocycles. The van der Waals surface area contributed by atoms with E-state index in [-0.39, 0.29) is 54.9 Å². The molecule has 6 nitrogen and oxygen atoms in total. The van der Waals surface area contributed by atoms with Crippen LogP contribution in [0.4, 0.5) is 0 Å². The number of hydrogen-bond acceptors (Lipinski definition) is 6. The maximum atomic E-state index is 11.1. The number of rotatable bonds is 8. The number of aliphatic hydroxyl groups is 1. The Hall–Kier alpha value is 0.790. The number of hydrogen-bond donors (Lipinski definition) is 2. The fourth-order valence-corrected chi connectivity index (χ4v) is 1.67. The van der Waals surface area contributed by atoms with Crippen LogP contribution in [0.3, 0.4) is 0 Å². The summed E-state index contributed by atoms with van der Waals surface area (Å²) in [6, 6.07) is 0. The minimum absolute atomic E-state index is 0. The zero-order valence-electron chi connectivity index (χ0n) is 8.35. The molecule has 0 fully saturated rings. The fourth-order valence-electron chi connectivity index (χ4n) is 0.740. The van der Waals surface area contributed by atoms with Gasteiger partial charge in [0.05, 0.1) is 12.4 Å². The van der Waals surface area contributed by atoms with E-state index in [0.717, 1.165) is 0 Å². The van der Waals surface area contributed by atoms with E-state index in [1.54, 1.807) is 0 Å². The minimum atomic E-state index is -3.49. The van der Waals surface area contributed by atoms with Gasteiger partial charge in [0.1, 0.15) is 0 Å². The fraction of sp³-hybridized carbons (Fsp3) is 1.00. The quantitative estimate of drug-likeness (QED) is 0.230. The van der Waals surface area contributed by atoms with Crippen LogP contribution < -0.4 is 5.84 Å². The molecule has 88 valence electrons. The third-order valence-electron chi connectivity index (χ3n) is 1.60. The van der Waals surface area contributed by atoms with E-state index in [2.05, 4.69) is 4.18 Å². The van der Waals surface area contributed by atoms with Crippen molar-refractivity contribution in [1.29, 1.82) is 0 Å². The second-order valence-corrected chi connectivity index (χ2v) is 4.55. The van der Waals surface area contributed by atoms with Gasteiger partial charge in [0, 0.05) is 19.7 Å². The van der Waals surface area contributed by atoms with E-state index < -0.39 is 10.1 Å². The zero-order chi connectivity index (χ0) is 11.0. The molecule has 8 heteroatoms. The molecule has 0 unspecified atom stereocenters. The molecule has 0 amide bonds. The van der Waals surface area contributed by atoms with Crippen LogP contribution >= 0.6 is 0 Å². The Balaban J connectivity index is 0. The summed E-state index contributed by atoms with van der Waals surface area (Å²) < 4.78 is 26.8. The summed E-state index contributed by atoms with van der Waals surface area (Å²) in [5.74, 6) is 5.27. The van der Waals surface area contributed by atoms with Crippen molar-refractivity contribution in [2.24, 2.45) is 5.84 Å². The Kier molecular flexibility index (Phi) is 12.1. The molecule has 0 aromatic heterocycles. The number of likely N-dealkylation sites (N-methyl/N-ethyl adjacent to an activating group) is 1. The molecule has 0 spiro atoms. The molecule has 0 aromatic rings. The Morgan fingerprint density at radius 1 is 1.47 bits per heavy atom. The summed E-state index contributed by atoms with van der Waals surface area (Å²) in [5.41, 5.74) is 0. The Morgan fingerprint density at radius 2 is 2.07 bits per heavy atom. The van der Waals surface area contributed by atoms with Gasteiger partial charge >= 0.3 is 29.6 Å². The topological polar surface area (TPSA) is 92.9 Å². The van der Waals surface area contributed by atoms with Gasteiger partial charge in [-0.1, -0.05) is 6.92 Å². The molecule has 0 saturated carbocycles. The van der Waals surface area contributed by atoms with Crippen LogP contribution in [-0.2, 0) is 14.3 Å². The van der Waals surface area contributed by atoms with Crippen molar-refractivity contribution in [1.82, 2.24) is 5.01 Å². The van der Waals surface area contributed by atoms with E-state index in [1.165, 1.54) is 5.01 Å². The summed E-state index contributed by atoms with van der Waals surface area (Å²) >= 11 is 0. The Labute approximate surface area is 113 Å². The predicted molar refractivity (Wildman–Crippen MR) is 60.0 cm³/mol. The third-order valence-corrected chi connectivity index (χ3v) is 2.91. The van der Waals surface area contributed by atoms with Crippen LogP contribution in [0.25, 0.3) is 0 Å². The monoisotopic (exact) mass is 250 g/mol. The average Bonchev–Trinajstić information content (AvgIpc) is 2.14. The normalized spacial score (nSPS) is 11.5. The van der Waals surface area contributed by atoms with E-state index in [4.69, 9.17) is 10.9 Å². The van der Waals surface area contributed by atoms with E-state index in [1.807, 2.05) is 6.92 Å². The molecule has 0 bridgehead atoms. The molecule has 0 aliphatic carbocycles. The summed E-state index contributed by atoms with van der Waals surface area (Å²) in [6.07, 6.45) is 0.197.